The van der Waals surface area contributed by atoms with Crippen molar-refractivity contribution in [3.63, 3.8) is 0 Å². The number of carbonyl (C=O) groups is 3. The summed E-state index contributed by atoms with van der Waals surface area (Å²) in [4.78, 5) is 40.3. The molecular weight excluding hydrogens is 366 g/mol. The van der Waals surface area contributed by atoms with Crippen LogP contribution >= 0.6 is 0 Å². The molecule has 0 aromatic rings. The fourth-order valence-corrected chi connectivity index (χ4v) is 4.30. The highest BCUT2D eigenvalue weighted by Crippen LogP contribution is 2.35. The van der Waals surface area contributed by atoms with Gasteiger partial charge in [-0.15, -0.1) is 0 Å². The number of hydrogen-bond acceptors (Lipinski definition) is 3. The number of hydrogen-bond donors (Lipinski definition) is 1. The van der Waals surface area contributed by atoms with Gasteiger partial charge in [-0.05, 0) is 36.0 Å². The highest BCUT2D eigenvalue weighted by atomic mass is 16.2. The first-order valence-electron chi connectivity index (χ1n) is 11.3. The van der Waals surface area contributed by atoms with Gasteiger partial charge in [-0.2, -0.15) is 0 Å². The monoisotopic (exact) mass is 407 g/mol. The Labute approximate surface area is 176 Å². The zero-order valence-corrected chi connectivity index (χ0v) is 19.3. The molecule has 0 radical (unpaired) electrons. The van der Waals surface area contributed by atoms with Gasteiger partial charge in [0.05, 0.1) is 5.92 Å². The van der Waals surface area contributed by atoms with E-state index in [2.05, 4.69) is 26.1 Å². The summed E-state index contributed by atoms with van der Waals surface area (Å²) in [5.41, 5.74) is 0.0853. The predicted octanol–water partition coefficient (Wildman–Crippen LogP) is 4.05. The Morgan fingerprint density at radius 3 is 2.21 bits per heavy atom. The van der Waals surface area contributed by atoms with Crippen molar-refractivity contribution in [3.8, 4) is 0 Å². The van der Waals surface area contributed by atoms with Gasteiger partial charge in [0.2, 0.25) is 11.8 Å². The topological polar surface area (TPSA) is 69.7 Å². The van der Waals surface area contributed by atoms with Crippen molar-refractivity contribution in [2.75, 3.05) is 26.2 Å². The molecule has 6 heteroatoms. The molecule has 166 valence electrons. The van der Waals surface area contributed by atoms with Crippen LogP contribution in [0.3, 0.4) is 0 Å². The van der Waals surface area contributed by atoms with Crippen molar-refractivity contribution in [3.05, 3.63) is 0 Å². The Morgan fingerprint density at radius 2 is 1.66 bits per heavy atom. The van der Waals surface area contributed by atoms with Gasteiger partial charge in [-0.3, -0.25) is 14.5 Å². The molecule has 0 bridgehead atoms. The van der Waals surface area contributed by atoms with Crippen LogP contribution in [0.15, 0.2) is 0 Å². The highest BCUT2D eigenvalue weighted by Gasteiger charge is 2.44. The van der Waals surface area contributed by atoms with Crippen LogP contribution in [0.25, 0.3) is 0 Å². The molecule has 0 aliphatic carbocycles. The van der Waals surface area contributed by atoms with Gasteiger partial charge in [-0.25, -0.2) is 4.79 Å². The Hall–Kier alpha value is -1.59. The Balaban J connectivity index is 1.57. The van der Waals surface area contributed by atoms with Crippen LogP contribution < -0.4 is 5.32 Å². The summed E-state index contributed by atoms with van der Waals surface area (Å²) in [7, 11) is 0. The van der Waals surface area contributed by atoms with Crippen LogP contribution in [0.4, 0.5) is 4.79 Å². The lowest BCUT2D eigenvalue weighted by Gasteiger charge is -2.27. The molecule has 29 heavy (non-hydrogen) atoms. The first-order valence-corrected chi connectivity index (χ1v) is 11.3. The van der Waals surface area contributed by atoms with E-state index < -0.39 is 0 Å². The minimum Gasteiger partial charge on any atom is -0.338 e. The van der Waals surface area contributed by atoms with E-state index in [1.807, 2.05) is 25.7 Å². The van der Waals surface area contributed by atoms with Crippen LogP contribution in [-0.2, 0) is 9.59 Å². The number of imide groups is 1. The molecule has 1 N–H and O–H groups in total. The van der Waals surface area contributed by atoms with E-state index in [0.717, 1.165) is 45.2 Å². The fourth-order valence-electron chi connectivity index (χ4n) is 4.30. The number of likely N-dealkylation sites (tertiary alicyclic amines) is 2. The third kappa shape index (κ3) is 6.45. The number of nitrogens with one attached hydrogen (secondary N) is 1. The average molecular weight is 408 g/mol. The second-order valence-electron chi connectivity index (χ2n) is 11.0. The van der Waals surface area contributed by atoms with E-state index in [0.29, 0.717) is 25.4 Å². The lowest BCUT2D eigenvalue weighted by Crippen LogP contribution is -2.39. The number of rotatable bonds is 7. The maximum atomic E-state index is 12.5. The zero-order chi connectivity index (χ0) is 21.8. The molecule has 2 rings (SSSR count). The Bertz CT molecular complexity index is 603. The molecule has 1 unspecified atom stereocenters. The number of amides is 4. The number of nitrogens with zero attached hydrogens (tertiary/aromatic N) is 2. The lowest BCUT2D eigenvalue weighted by molar-refractivity contribution is -0.140. The first-order chi connectivity index (χ1) is 13.4. The van der Waals surface area contributed by atoms with Crippen molar-refractivity contribution in [2.45, 2.75) is 80.1 Å². The summed E-state index contributed by atoms with van der Waals surface area (Å²) in [5, 5.41) is 3.03. The van der Waals surface area contributed by atoms with E-state index in [9.17, 15) is 14.4 Å². The van der Waals surface area contributed by atoms with Gasteiger partial charge >= 0.3 is 6.03 Å². The van der Waals surface area contributed by atoms with E-state index in [-0.39, 0.29) is 34.6 Å². The van der Waals surface area contributed by atoms with Crippen LogP contribution in [0.1, 0.15) is 80.1 Å². The number of urea groups is 1. The van der Waals surface area contributed by atoms with E-state index >= 15 is 0 Å². The molecular formula is C23H41N3O3. The zero-order valence-electron chi connectivity index (χ0n) is 19.3. The molecule has 2 atom stereocenters. The summed E-state index contributed by atoms with van der Waals surface area (Å²) < 4.78 is 0. The normalized spacial score (nSPS) is 23.2. The summed E-state index contributed by atoms with van der Waals surface area (Å²) in [6.07, 6.45) is 5.14. The van der Waals surface area contributed by atoms with Crippen LogP contribution in [0, 0.1) is 22.7 Å². The lowest BCUT2D eigenvalue weighted by atomic mass is 9.80. The van der Waals surface area contributed by atoms with E-state index in [1.165, 1.54) is 4.90 Å². The van der Waals surface area contributed by atoms with Gasteiger partial charge in [0.25, 0.3) is 0 Å². The van der Waals surface area contributed by atoms with Gasteiger partial charge in [-0.1, -0.05) is 54.4 Å². The quantitative estimate of drug-likeness (QED) is 0.511. The smallest absolute Gasteiger partial charge is 0.317 e. The second kappa shape index (κ2) is 9.48. The molecule has 0 aromatic heterocycles. The average Bonchev–Trinajstić information content (AvgIpc) is 3.20. The molecule has 2 fully saturated rings. The maximum Gasteiger partial charge on any atom is 0.317 e. The SMILES string of the molecule is CC(C)(C)C1CC(=O)N(CCCCCCNC(=O)N2CC[C@@H](C(C)(C)C)C2)C1=O. The molecule has 4 amide bonds. The predicted molar refractivity (Wildman–Crippen MR) is 115 cm³/mol. The van der Waals surface area contributed by atoms with E-state index in [4.69, 9.17) is 0 Å². The van der Waals surface area contributed by atoms with Crippen LogP contribution in [-0.4, -0.2) is 53.8 Å². The molecule has 6 nitrogen and oxygen atoms in total. The summed E-state index contributed by atoms with van der Waals surface area (Å²) in [6.45, 7) is 15.7. The van der Waals surface area contributed by atoms with Gasteiger partial charge in [0.1, 0.15) is 0 Å². The minimum atomic E-state index is -0.186. The van der Waals surface area contributed by atoms with Gasteiger partial charge in [0.15, 0.2) is 0 Å². The molecule has 2 heterocycles. The molecule has 0 spiro atoms. The summed E-state index contributed by atoms with van der Waals surface area (Å²) >= 11 is 0. The molecule has 2 saturated heterocycles. The maximum absolute atomic E-state index is 12.5. The molecule has 2 aliphatic rings. The van der Waals surface area contributed by atoms with Crippen molar-refractivity contribution in [1.29, 1.82) is 0 Å². The second-order valence-corrected chi connectivity index (χ2v) is 11.0. The molecule has 2 aliphatic heterocycles. The van der Waals surface area contributed by atoms with Crippen molar-refractivity contribution in [2.24, 2.45) is 22.7 Å². The molecule has 0 saturated carbocycles. The fraction of sp³-hybridized carbons (Fsp3) is 0.870. The third-order valence-electron chi connectivity index (χ3n) is 6.57. The van der Waals surface area contributed by atoms with Gasteiger partial charge < -0.3 is 10.2 Å². The largest absolute Gasteiger partial charge is 0.338 e. The van der Waals surface area contributed by atoms with Crippen molar-refractivity contribution in [1.82, 2.24) is 15.1 Å². The van der Waals surface area contributed by atoms with Crippen molar-refractivity contribution < 1.29 is 14.4 Å². The Morgan fingerprint density at radius 1 is 1.00 bits per heavy atom. The number of carbonyl (C=O) groups excluding carboxylic acids is 3. The summed E-state index contributed by atoms with van der Waals surface area (Å²) in [5.74, 6) is 0.353. The third-order valence-corrected chi connectivity index (χ3v) is 6.57. The van der Waals surface area contributed by atoms with E-state index in [1.54, 1.807) is 0 Å². The minimum absolute atomic E-state index is 0.00561. The summed E-state index contributed by atoms with van der Waals surface area (Å²) in [6, 6.07) is 0.0539. The first kappa shape index (κ1) is 23.7. The van der Waals surface area contributed by atoms with Crippen LogP contribution in [0.2, 0.25) is 0 Å². The van der Waals surface area contributed by atoms with Crippen molar-refractivity contribution >= 4 is 17.8 Å². The standard InChI is InChI=1S/C23H41N3O3/c1-22(2,3)17-11-14-25(16-17)21(29)24-12-9-7-8-10-13-26-19(27)15-18(20(26)28)23(4,5)6/h17-18H,7-16H2,1-6H3,(H,24,29)/t17-,18?/m1/s1. The molecule has 0 aromatic carbocycles. The highest BCUT2D eigenvalue weighted by molar-refractivity contribution is 6.03. The van der Waals surface area contributed by atoms with Crippen LogP contribution in [0.5, 0.6) is 0 Å². The Kier molecular flexibility index (Phi) is 7.74. The number of unbranched alkanes of at least 4 members (excludes halogenated alkanes) is 3. The van der Waals surface area contributed by atoms with Gasteiger partial charge in [0, 0.05) is 32.6 Å².